The van der Waals surface area contributed by atoms with E-state index in [0.717, 1.165) is 0 Å². The zero-order valence-corrected chi connectivity index (χ0v) is 11.7. The number of hydrogen-bond acceptors (Lipinski definition) is 4. The van der Waals surface area contributed by atoms with Gasteiger partial charge in [0.25, 0.3) is 0 Å². The number of hydrogen-bond donors (Lipinski definition) is 1. The van der Waals surface area contributed by atoms with E-state index in [1.807, 2.05) is 0 Å². The van der Waals surface area contributed by atoms with E-state index in [9.17, 15) is 9.18 Å². The fraction of sp³-hybridized carbons (Fsp3) is 0.231. The Bertz CT molecular complexity index is 650. The number of benzene rings is 1. The number of carbonyl (C=O) groups excluding carboxylic acids is 1. The summed E-state index contributed by atoms with van der Waals surface area (Å²) in [5.74, 6) is -0.870. The Morgan fingerprint density at radius 2 is 2.25 bits per heavy atom. The fourth-order valence-corrected chi connectivity index (χ4v) is 2.13. The Kier molecular flexibility index (Phi) is 3.94. The summed E-state index contributed by atoms with van der Waals surface area (Å²) >= 11 is 6.00. The molecule has 0 unspecified atom stereocenters. The minimum absolute atomic E-state index is 0.00653. The van der Waals surface area contributed by atoms with Crippen molar-refractivity contribution in [3.05, 3.63) is 40.6 Å². The maximum absolute atomic E-state index is 13.9. The van der Waals surface area contributed by atoms with Crippen LogP contribution in [0.25, 0.3) is 5.69 Å². The summed E-state index contributed by atoms with van der Waals surface area (Å²) in [5.41, 5.74) is 5.89. The molecule has 0 saturated heterocycles. The number of esters is 1. The quantitative estimate of drug-likeness (QED) is 0.884. The van der Waals surface area contributed by atoms with Crippen LogP contribution in [0.3, 0.4) is 0 Å². The second kappa shape index (κ2) is 5.50. The normalized spacial score (nSPS) is 10.6. The molecule has 0 saturated carbocycles. The van der Waals surface area contributed by atoms with E-state index in [-0.39, 0.29) is 28.8 Å². The van der Waals surface area contributed by atoms with Crippen LogP contribution < -0.4 is 5.73 Å². The van der Waals surface area contributed by atoms with Gasteiger partial charge in [-0.1, -0.05) is 17.7 Å². The first-order valence-electron chi connectivity index (χ1n) is 5.93. The molecule has 0 spiro atoms. The van der Waals surface area contributed by atoms with E-state index in [2.05, 4.69) is 4.98 Å². The smallest absolute Gasteiger partial charge is 0.360 e. The Balaban J connectivity index is 2.62. The lowest BCUT2D eigenvalue weighted by Crippen LogP contribution is -2.10. The third kappa shape index (κ3) is 2.34. The molecule has 1 aromatic carbocycles. The number of rotatable bonds is 3. The number of nitrogens with zero attached hydrogens (tertiary/aromatic N) is 2. The average molecular weight is 298 g/mol. The van der Waals surface area contributed by atoms with E-state index in [0.29, 0.717) is 5.82 Å². The molecular formula is C13H13ClFN3O2. The van der Waals surface area contributed by atoms with Crippen molar-refractivity contribution in [2.75, 3.05) is 12.3 Å². The molecule has 2 N–H and O–H groups in total. The number of para-hydroxylation sites is 1. The van der Waals surface area contributed by atoms with Crippen LogP contribution >= 0.6 is 11.6 Å². The molecule has 0 amide bonds. The molecule has 0 aliphatic carbocycles. The summed E-state index contributed by atoms with van der Waals surface area (Å²) in [6.07, 6.45) is 0. The molecule has 0 aliphatic heterocycles. The first-order valence-corrected chi connectivity index (χ1v) is 6.31. The third-order valence-corrected chi connectivity index (χ3v) is 3.02. The van der Waals surface area contributed by atoms with Crippen LogP contribution in [0.4, 0.5) is 10.2 Å². The van der Waals surface area contributed by atoms with Gasteiger partial charge in [0.2, 0.25) is 0 Å². The van der Waals surface area contributed by atoms with Gasteiger partial charge < -0.3 is 10.5 Å². The SMILES string of the molecule is CCOC(=O)c1nc(C)n(-c2c(F)cccc2Cl)c1N. The van der Waals surface area contributed by atoms with E-state index in [1.165, 1.54) is 22.8 Å². The molecule has 0 aliphatic rings. The molecule has 0 fully saturated rings. The van der Waals surface area contributed by atoms with E-state index in [4.69, 9.17) is 22.1 Å². The van der Waals surface area contributed by atoms with Gasteiger partial charge in [-0.3, -0.25) is 4.57 Å². The lowest BCUT2D eigenvalue weighted by atomic mass is 10.3. The van der Waals surface area contributed by atoms with Crippen molar-refractivity contribution in [1.29, 1.82) is 0 Å². The van der Waals surface area contributed by atoms with Crippen molar-refractivity contribution < 1.29 is 13.9 Å². The van der Waals surface area contributed by atoms with Gasteiger partial charge in [0.1, 0.15) is 23.1 Å². The van der Waals surface area contributed by atoms with Crippen LogP contribution in [0.5, 0.6) is 0 Å². The molecule has 5 nitrogen and oxygen atoms in total. The zero-order chi connectivity index (χ0) is 14.9. The number of nitrogen functional groups attached to an aromatic ring is 1. The standard InChI is InChI=1S/C13H13ClFN3O2/c1-3-20-13(19)10-12(16)18(7(2)17-10)11-8(14)5-4-6-9(11)15/h4-6H,3,16H2,1-2H3. The Labute approximate surface area is 120 Å². The lowest BCUT2D eigenvalue weighted by molar-refractivity contribution is 0.0521. The van der Waals surface area contributed by atoms with Crippen molar-refractivity contribution >= 4 is 23.4 Å². The molecule has 2 rings (SSSR count). The predicted molar refractivity (Wildman–Crippen MR) is 73.6 cm³/mol. The maximum atomic E-state index is 13.9. The van der Waals surface area contributed by atoms with Crippen molar-refractivity contribution in [1.82, 2.24) is 9.55 Å². The Morgan fingerprint density at radius 1 is 1.55 bits per heavy atom. The first kappa shape index (κ1) is 14.3. The van der Waals surface area contributed by atoms with Crippen molar-refractivity contribution in [3.63, 3.8) is 0 Å². The summed E-state index contributed by atoms with van der Waals surface area (Å²) in [7, 11) is 0. The molecule has 106 valence electrons. The lowest BCUT2D eigenvalue weighted by Gasteiger charge is -2.10. The Hall–Kier alpha value is -2.08. The predicted octanol–water partition coefficient (Wildman–Crippen LogP) is 2.73. The van der Waals surface area contributed by atoms with Gasteiger partial charge in [-0.15, -0.1) is 0 Å². The van der Waals surface area contributed by atoms with Crippen molar-refractivity contribution in [2.45, 2.75) is 13.8 Å². The van der Waals surface area contributed by atoms with Crippen LogP contribution in [0, 0.1) is 12.7 Å². The fourth-order valence-electron chi connectivity index (χ4n) is 1.88. The second-order valence-electron chi connectivity index (χ2n) is 4.02. The summed E-state index contributed by atoms with van der Waals surface area (Å²) in [6, 6.07) is 4.27. The molecule has 0 atom stereocenters. The first-order chi connectivity index (χ1) is 9.47. The van der Waals surface area contributed by atoms with Crippen molar-refractivity contribution in [2.24, 2.45) is 0 Å². The van der Waals surface area contributed by atoms with E-state index < -0.39 is 11.8 Å². The Morgan fingerprint density at radius 3 is 2.85 bits per heavy atom. The van der Waals surface area contributed by atoms with Crippen LogP contribution in [0.15, 0.2) is 18.2 Å². The van der Waals surface area contributed by atoms with Gasteiger partial charge in [0.05, 0.1) is 11.6 Å². The highest BCUT2D eigenvalue weighted by atomic mass is 35.5. The van der Waals surface area contributed by atoms with Crippen LogP contribution in [0.1, 0.15) is 23.2 Å². The number of aromatic nitrogens is 2. The second-order valence-corrected chi connectivity index (χ2v) is 4.43. The highest BCUT2D eigenvalue weighted by molar-refractivity contribution is 6.32. The number of anilines is 1. The number of halogens is 2. The van der Waals surface area contributed by atoms with E-state index >= 15 is 0 Å². The number of nitrogens with two attached hydrogens (primary N) is 1. The highest BCUT2D eigenvalue weighted by Crippen LogP contribution is 2.29. The zero-order valence-electron chi connectivity index (χ0n) is 11.0. The van der Waals surface area contributed by atoms with Gasteiger partial charge in [-0.25, -0.2) is 14.2 Å². The van der Waals surface area contributed by atoms with Crippen LogP contribution in [-0.4, -0.2) is 22.1 Å². The van der Waals surface area contributed by atoms with Gasteiger partial charge in [0, 0.05) is 0 Å². The molecule has 0 bridgehead atoms. The molecule has 2 aromatic rings. The average Bonchev–Trinajstić information content (AvgIpc) is 2.67. The summed E-state index contributed by atoms with van der Waals surface area (Å²) in [5, 5.41) is 0.174. The molecular weight excluding hydrogens is 285 g/mol. The molecule has 0 radical (unpaired) electrons. The van der Waals surface area contributed by atoms with Crippen LogP contribution in [-0.2, 0) is 4.74 Å². The molecule has 7 heteroatoms. The largest absolute Gasteiger partial charge is 0.461 e. The van der Waals surface area contributed by atoms with Gasteiger partial charge >= 0.3 is 5.97 Å². The summed E-state index contributed by atoms with van der Waals surface area (Å²) in [4.78, 5) is 15.8. The van der Waals surface area contributed by atoms with E-state index in [1.54, 1.807) is 13.8 Å². The number of aryl methyl sites for hydroxylation is 1. The van der Waals surface area contributed by atoms with Gasteiger partial charge in [0.15, 0.2) is 5.69 Å². The topological polar surface area (TPSA) is 70.1 Å². The number of carbonyl (C=O) groups is 1. The van der Waals surface area contributed by atoms with Crippen LogP contribution in [0.2, 0.25) is 5.02 Å². The summed E-state index contributed by atoms with van der Waals surface area (Å²) in [6.45, 7) is 3.47. The van der Waals surface area contributed by atoms with Crippen molar-refractivity contribution in [3.8, 4) is 5.69 Å². The maximum Gasteiger partial charge on any atom is 0.360 e. The molecule has 1 heterocycles. The molecule has 1 aromatic heterocycles. The third-order valence-electron chi connectivity index (χ3n) is 2.71. The minimum atomic E-state index is -0.653. The van der Waals surface area contributed by atoms with Gasteiger partial charge in [-0.2, -0.15) is 0 Å². The number of imidazole rings is 1. The van der Waals surface area contributed by atoms with Gasteiger partial charge in [-0.05, 0) is 26.0 Å². The summed E-state index contributed by atoms with van der Waals surface area (Å²) < 4.78 is 20.1. The molecule has 20 heavy (non-hydrogen) atoms. The highest BCUT2D eigenvalue weighted by Gasteiger charge is 2.23. The minimum Gasteiger partial charge on any atom is -0.461 e. The monoisotopic (exact) mass is 297 g/mol. The number of ether oxygens (including phenoxy) is 1.